The Labute approximate surface area is 114 Å². The fourth-order valence-electron chi connectivity index (χ4n) is 2.82. The van der Waals surface area contributed by atoms with E-state index in [2.05, 4.69) is 10.2 Å². The topological polar surface area (TPSA) is 52.6 Å². The summed E-state index contributed by atoms with van der Waals surface area (Å²) in [5.41, 5.74) is 2.45. The van der Waals surface area contributed by atoms with Gasteiger partial charge in [-0.25, -0.2) is 0 Å². The van der Waals surface area contributed by atoms with E-state index in [4.69, 9.17) is 0 Å². The van der Waals surface area contributed by atoms with Crippen molar-refractivity contribution in [2.75, 3.05) is 20.1 Å². The number of nitrogens with zero attached hydrogens (tertiary/aromatic N) is 1. The van der Waals surface area contributed by atoms with E-state index in [1.165, 1.54) is 11.1 Å². The Morgan fingerprint density at radius 1 is 1.53 bits per heavy atom. The van der Waals surface area contributed by atoms with Crippen molar-refractivity contribution < 1.29 is 9.90 Å². The highest BCUT2D eigenvalue weighted by molar-refractivity contribution is 5.78. The van der Waals surface area contributed by atoms with Crippen LogP contribution in [0.1, 0.15) is 36.9 Å². The molecular weight excluding hydrogens is 240 g/mol. The Kier molecular flexibility index (Phi) is 4.43. The van der Waals surface area contributed by atoms with Crippen molar-refractivity contribution in [3.8, 4) is 5.75 Å². The van der Waals surface area contributed by atoms with Crippen LogP contribution in [0.5, 0.6) is 5.75 Å². The zero-order valence-electron chi connectivity index (χ0n) is 11.6. The Morgan fingerprint density at radius 3 is 3.05 bits per heavy atom. The highest BCUT2D eigenvalue weighted by Gasteiger charge is 2.24. The minimum absolute atomic E-state index is 0.0656. The van der Waals surface area contributed by atoms with Gasteiger partial charge in [-0.15, -0.1) is 0 Å². The fourth-order valence-corrected chi connectivity index (χ4v) is 2.82. The zero-order chi connectivity index (χ0) is 13.8. The maximum Gasteiger partial charge on any atom is 0.234 e. The number of carbonyl (C=O) groups excluding carboxylic acids is 1. The highest BCUT2D eigenvalue weighted by Crippen LogP contribution is 2.34. The quantitative estimate of drug-likeness (QED) is 0.870. The molecule has 2 N–H and O–H groups in total. The van der Waals surface area contributed by atoms with Crippen LogP contribution in [0.15, 0.2) is 18.2 Å². The molecule has 1 aromatic rings. The van der Waals surface area contributed by atoms with Gasteiger partial charge in [0.1, 0.15) is 5.75 Å². The minimum Gasteiger partial charge on any atom is -0.508 e. The van der Waals surface area contributed by atoms with Crippen LogP contribution in [0.2, 0.25) is 0 Å². The van der Waals surface area contributed by atoms with Crippen LogP contribution in [-0.4, -0.2) is 36.1 Å². The maximum absolute atomic E-state index is 11.7. The van der Waals surface area contributed by atoms with Gasteiger partial charge in [0.2, 0.25) is 5.91 Å². The van der Waals surface area contributed by atoms with Gasteiger partial charge in [-0.05, 0) is 56.5 Å². The zero-order valence-corrected chi connectivity index (χ0v) is 11.6. The Hall–Kier alpha value is -1.55. The summed E-state index contributed by atoms with van der Waals surface area (Å²) in [6.07, 6.45) is 3.17. The second-order valence-corrected chi connectivity index (χ2v) is 5.16. The Bertz CT molecular complexity index is 459. The van der Waals surface area contributed by atoms with Gasteiger partial charge in [-0.1, -0.05) is 6.07 Å². The summed E-state index contributed by atoms with van der Waals surface area (Å²) in [4.78, 5) is 13.8. The van der Waals surface area contributed by atoms with E-state index in [1.807, 2.05) is 26.1 Å². The van der Waals surface area contributed by atoms with Gasteiger partial charge >= 0.3 is 0 Å². The molecule has 1 atom stereocenters. The van der Waals surface area contributed by atoms with Gasteiger partial charge in [0, 0.05) is 12.6 Å². The van der Waals surface area contributed by atoms with Crippen molar-refractivity contribution in [2.24, 2.45) is 0 Å². The van der Waals surface area contributed by atoms with E-state index in [9.17, 15) is 9.90 Å². The number of benzene rings is 1. The second kappa shape index (κ2) is 6.06. The summed E-state index contributed by atoms with van der Waals surface area (Å²) >= 11 is 0. The van der Waals surface area contributed by atoms with Crippen LogP contribution in [0.3, 0.4) is 0 Å². The SMILES string of the molecule is CCNC(=O)CN(C)C1CCCc2cc(O)ccc21. The average Bonchev–Trinajstić information content (AvgIpc) is 2.37. The number of aromatic hydroxyl groups is 1. The molecule has 104 valence electrons. The van der Waals surface area contributed by atoms with Gasteiger partial charge in [0.15, 0.2) is 0 Å². The average molecular weight is 262 g/mol. The summed E-state index contributed by atoms with van der Waals surface area (Å²) < 4.78 is 0. The number of aryl methyl sites for hydroxylation is 1. The first kappa shape index (κ1) is 13.9. The van der Waals surface area contributed by atoms with E-state index in [0.717, 1.165) is 19.3 Å². The van der Waals surface area contributed by atoms with Crippen molar-refractivity contribution in [1.82, 2.24) is 10.2 Å². The number of fused-ring (bicyclic) bond motifs is 1. The lowest BCUT2D eigenvalue weighted by Crippen LogP contribution is -2.38. The van der Waals surface area contributed by atoms with Gasteiger partial charge < -0.3 is 10.4 Å². The Balaban J connectivity index is 2.12. The molecular formula is C15H22N2O2. The molecule has 0 bridgehead atoms. The third kappa shape index (κ3) is 3.26. The molecule has 0 fully saturated rings. The van der Waals surface area contributed by atoms with Crippen LogP contribution in [-0.2, 0) is 11.2 Å². The minimum atomic E-state index is 0.0656. The number of carbonyl (C=O) groups is 1. The molecule has 0 aliphatic heterocycles. The predicted molar refractivity (Wildman–Crippen MR) is 75.1 cm³/mol. The van der Waals surface area contributed by atoms with Gasteiger partial charge in [0.05, 0.1) is 6.54 Å². The molecule has 1 unspecified atom stereocenters. The lowest BCUT2D eigenvalue weighted by Gasteiger charge is -2.33. The number of amides is 1. The summed E-state index contributed by atoms with van der Waals surface area (Å²) in [6.45, 7) is 3.01. The summed E-state index contributed by atoms with van der Waals surface area (Å²) in [5, 5.41) is 12.4. The number of hydrogen-bond acceptors (Lipinski definition) is 3. The first-order valence-electron chi connectivity index (χ1n) is 6.90. The molecule has 0 saturated carbocycles. The van der Waals surface area contributed by atoms with E-state index in [-0.39, 0.29) is 11.9 Å². The van der Waals surface area contributed by atoms with Gasteiger partial charge in [-0.3, -0.25) is 9.69 Å². The summed E-state index contributed by atoms with van der Waals surface area (Å²) in [7, 11) is 1.99. The van der Waals surface area contributed by atoms with E-state index >= 15 is 0 Å². The number of phenols is 1. The molecule has 0 radical (unpaired) electrons. The first-order valence-corrected chi connectivity index (χ1v) is 6.90. The molecule has 1 aliphatic rings. The largest absolute Gasteiger partial charge is 0.508 e. The van der Waals surface area contributed by atoms with Crippen LogP contribution in [0.25, 0.3) is 0 Å². The molecule has 2 rings (SSSR count). The lowest BCUT2D eigenvalue weighted by atomic mass is 9.87. The van der Waals surface area contributed by atoms with Crippen molar-refractivity contribution in [1.29, 1.82) is 0 Å². The lowest BCUT2D eigenvalue weighted by molar-refractivity contribution is -0.122. The standard InChI is InChI=1S/C15H22N2O2/c1-3-16-15(19)10-17(2)14-6-4-5-11-9-12(18)7-8-13(11)14/h7-9,14,18H,3-6,10H2,1-2H3,(H,16,19). The number of rotatable bonds is 4. The van der Waals surface area contributed by atoms with E-state index in [0.29, 0.717) is 18.8 Å². The molecule has 0 heterocycles. The van der Waals surface area contributed by atoms with Crippen LogP contribution >= 0.6 is 0 Å². The first-order chi connectivity index (χ1) is 9.11. The monoisotopic (exact) mass is 262 g/mol. The molecule has 1 aliphatic carbocycles. The van der Waals surface area contributed by atoms with Crippen molar-refractivity contribution in [2.45, 2.75) is 32.2 Å². The highest BCUT2D eigenvalue weighted by atomic mass is 16.3. The molecule has 1 aromatic carbocycles. The van der Waals surface area contributed by atoms with E-state index < -0.39 is 0 Å². The van der Waals surface area contributed by atoms with Crippen LogP contribution in [0.4, 0.5) is 0 Å². The van der Waals surface area contributed by atoms with Crippen molar-refractivity contribution in [3.63, 3.8) is 0 Å². The van der Waals surface area contributed by atoms with Crippen LogP contribution < -0.4 is 5.32 Å². The second-order valence-electron chi connectivity index (χ2n) is 5.16. The smallest absolute Gasteiger partial charge is 0.234 e. The number of nitrogens with one attached hydrogen (secondary N) is 1. The summed E-state index contributed by atoms with van der Waals surface area (Å²) in [6, 6.07) is 5.84. The molecule has 0 aromatic heterocycles. The summed E-state index contributed by atoms with van der Waals surface area (Å²) in [5.74, 6) is 0.390. The van der Waals surface area contributed by atoms with Crippen molar-refractivity contribution in [3.05, 3.63) is 29.3 Å². The number of hydrogen-bond donors (Lipinski definition) is 2. The maximum atomic E-state index is 11.7. The number of phenolic OH excluding ortho intramolecular Hbond substituents is 1. The Morgan fingerprint density at radius 2 is 2.32 bits per heavy atom. The molecule has 1 amide bonds. The molecule has 4 nitrogen and oxygen atoms in total. The molecule has 19 heavy (non-hydrogen) atoms. The normalized spacial score (nSPS) is 18.2. The van der Waals surface area contributed by atoms with E-state index in [1.54, 1.807) is 6.07 Å². The number of likely N-dealkylation sites (N-methyl/N-ethyl adjacent to an activating group) is 2. The third-order valence-corrected chi connectivity index (χ3v) is 3.71. The predicted octanol–water partition coefficient (Wildman–Crippen LogP) is 1.84. The molecule has 0 spiro atoms. The third-order valence-electron chi connectivity index (χ3n) is 3.71. The van der Waals surface area contributed by atoms with Crippen molar-refractivity contribution >= 4 is 5.91 Å². The van der Waals surface area contributed by atoms with Crippen LogP contribution in [0, 0.1) is 0 Å². The molecule has 4 heteroatoms. The molecule has 0 saturated heterocycles. The van der Waals surface area contributed by atoms with Gasteiger partial charge in [0.25, 0.3) is 0 Å². The fraction of sp³-hybridized carbons (Fsp3) is 0.533. The van der Waals surface area contributed by atoms with Gasteiger partial charge in [-0.2, -0.15) is 0 Å².